The van der Waals surface area contributed by atoms with E-state index in [2.05, 4.69) is 37.2 Å². The molecular weight excluding hydrogens is 408 g/mol. The van der Waals surface area contributed by atoms with Crippen molar-refractivity contribution in [1.29, 1.82) is 0 Å². The minimum atomic E-state index is -0.494. The number of nitrogens with one attached hydrogen (secondary N) is 1. The zero-order valence-corrected chi connectivity index (χ0v) is 13.4. The van der Waals surface area contributed by atoms with Crippen LogP contribution < -0.4 is 5.32 Å². The standard InChI is InChI=1S/C11H5Br2ClFNOS/c12-8-4-9(18-10(8)13)11(17)16-7-2-5(14)1-6(15)3-7/h1-4H,(H,16,17). The second-order valence-electron chi connectivity index (χ2n) is 3.34. The summed E-state index contributed by atoms with van der Waals surface area (Å²) in [6.07, 6.45) is 0. The molecule has 0 bridgehead atoms. The molecule has 0 saturated heterocycles. The van der Waals surface area contributed by atoms with E-state index in [-0.39, 0.29) is 10.9 Å². The van der Waals surface area contributed by atoms with E-state index in [9.17, 15) is 9.18 Å². The van der Waals surface area contributed by atoms with Gasteiger partial charge in [-0.2, -0.15) is 0 Å². The van der Waals surface area contributed by atoms with Gasteiger partial charge in [-0.05, 0) is 56.1 Å². The fourth-order valence-electron chi connectivity index (χ4n) is 1.28. The first-order valence-electron chi connectivity index (χ1n) is 4.68. The average Bonchev–Trinajstić information content (AvgIpc) is 2.57. The van der Waals surface area contributed by atoms with Gasteiger partial charge in [0.1, 0.15) is 5.82 Å². The first-order valence-corrected chi connectivity index (χ1v) is 7.46. The highest BCUT2D eigenvalue weighted by atomic mass is 79.9. The fourth-order valence-corrected chi connectivity index (χ4v) is 3.43. The van der Waals surface area contributed by atoms with Crippen molar-refractivity contribution in [3.8, 4) is 0 Å². The largest absolute Gasteiger partial charge is 0.321 e. The zero-order valence-electron chi connectivity index (χ0n) is 8.64. The average molecular weight is 413 g/mol. The Balaban J connectivity index is 2.21. The Labute approximate surface area is 128 Å². The van der Waals surface area contributed by atoms with Gasteiger partial charge < -0.3 is 5.32 Å². The third-order valence-corrected chi connectivity index (χ3v) is 5.46. The van der Waals surface area contributed by atoms with Crippen LogP contribution in [0.15, 0.2) is 32.5 Å². The second kappa shape index (κ2) is 5.69. The Morgan fingerprint density at radius 3 is 2.56 bits per heavy atom. The van der Waals surface area contributed by atoms with Gasteiger partial charge in [-0.3, -0.25) is 4.79 Å². The number of hydrogen-bond acceptors (Lipinski definition) is 2. The summed E-state index contributed by atoms with van der Waals surface area (Å²) >= 11 is 13.6. The van der Waals surface area contributed by atoms with Crippen molar-refractivity contribution in [2.24, 2.45) is 0 Å². The van der Waals surface area contributed by atoms with Crippen LogP contribution in [0.25, 0.3) is 0 Å². The van der Waals surface area contributed by atoms with Crippen molar-refractivity contribution in [1.82, 2.24) is 0 Å². The van der Waals surface area contributed by atoms with Gasteiger partial charge in [0.25, 0.3) is 5.91 Å². The molecule has 94 valence electrons. The highest BCUT2D eigenvalue weighted by Crippen LogP contribution is 2.32. The number of rotatable bonds is 2. The van der Waals surface area contributed by atoms with E-state index in [4.69, 9.17) is 11.6 Å². The summed E-state index contributed by atoms with van der Waals surface area (Å²) in [7, 11) is 0. The molecule has 1 aromatic carbocycles. The summed E-state index contributed by atoms with van der Waals surface area (Å²) in [4.78, 5) is 12.4. The molecule has 0 aliphatic heterocycles. The van der Waals surface area contributed by atoms with E-state index >= 15 is 0 Å². The molecule has 2 nitrogen and oxygen atoms in total. The van der Waals surface area contributed by atoms with Crippen molar-refractivity contribution >= 4 is 66.4 Å². The second-order valence-corrected chi connectivity index (χ2v) is 7.01. The smallest absolute Gasteiger partial charge is 0.265 e. The number of carbonyl (C=O) groups excluding carboxylic acids is 1. The van der Waals surface area contributed by atoms with Crippen LogP contribution in [0.4, 0.5) is 10.1 Å². The fraction of sp³-hybridized carbons (Fsp3) is 0. The van der Waals surface area contributed by atoms with Gasteiger partial charge in [-0.25, -0.2) is 4.39 Å². The molecule has 2 aromatic rings. The highest BCUT2D eigenvalue weighted by Gasteiger charge is 2.12. The number of benzene rings is 1. The molecule has 0 aliphatic carbocycles. The quantitative estimate of drug-likeness (QED) is 0.710. The molecule has 18 heavy (non-hydrogen) atoms. The van der Waals surface area contributed by atoms with Gasteiger partial charge in [0, 0.05) is 15.2 Å². The molecule has 0 atom stereocenters. The molecule has 0 spiro atoms. The molecule has 1 heterocycles. The molecule has 1 N–H and O–H groups in total. The molecule has 1 aromatic heterocycles. The summed E-state index contributed by atoms with van der Waals surface area (Å²) in [6, 6.07) is 5.56. The number of halogens is 4. The monoisotopic (exact) mass is 411 g/mol. The van der Waals surface area contributed by atoms with Crippen LogP contribution in [-0.4, -0.2) is 5.91 Å². The lowest BCUT2D eigenvalue weighted by molar-refractivity contribution is 0.103. The first-order chi connectivity index (χ1) is 8.45. The number of amides is 1. The maximum Gasteiger partial charge on any atom is 0.265 e. The highest BCUT2D eigenvalue weighted by molar-refractivity contribution is 9.13. The van der Waals surface area contributed by atoms with E-state index in [1.54, 1.807) is 6.07 Å². The van der Waals surface area contributed by atoms with E-state index in [0.717, 1.165) is 8.26 Å². The molecule has 2 rings (SSSR count). The lowest BCUT2D eigenvalue weighted by Gasteiger charge is -2.04. The zero-order chi connectivity index (χ0) is 13.3. The molecule has 0 fully saturated rings. The van der Waals surface area contributed by atoms with E-state index in [1.807, 2.05) is 0 Å². The van der Waals surface area contributed by atoms with E-state index in [1.165, 1.54) is 29.5 Å². The number of hydrogen-bond donors (Lipinski definition) is 1. The Hall–Kier alpha value is -0.430. The van der Waals surface area contributed by atoms with Crippen LogP contribution in [0.5, 0.6) is 0 Å². The van der Waals surface area contributed by atoms with Crippen LogP contribution in [0.2, 0.25) is 5.02 Å². The van der Waals surface area contributed by atoms with Gasteiger partial charge in [0.05, 0.1) is 8.66 Å². The summed E-state index contributed by atoms with van der Waals surface area (Å²) in [5, 5.41) is 2.82. The van der Waals surface area contributed by atoms with Crippen LogP contribution >= 0.6 is 54.8 Å². The number of thiophene rings is 1. The first kappa shape index (κ1) is 14.0. The van der Waals surface area contributed by atoms with Crippen molar-refractivity contribution in [2.45, 2.75) is 0 Å². The van der Waals surface area contributed by atoms with Gasteiger partial charge in [0.15, 0.2) is 0 Å². The minimum Gasteiger partial charge on any atom is -0.321 e. The number of anilines is 1. The molecule has 7 heteroatoms. The molecule has 0 saturated carbocycles. The van der Waals surface area contributed by atoms with Gasteiger partial charge in [-0.15, -0.1) is 11.3 Å². The Morgan fingerprint density at radius 1 is 1.28 bits per heavy atom. The van der Waals surface area contributed by atoms with Gasteiger partial charge in [0.2, 0.25) is 0 Å². The molecule has 0 aliphatic rings. The lowest BCUT2D eigenvalue weighted by atomic mass is 10.3. The third kappa shape index (κ3) is 3.32. The van der Waals surface area contributed by atoms with Crippen molar-refractivity contribution in [3.63, 3.8) is 0 Å². The van der Waals surface area contributed by atoms with Gasteiger partial charge >= 0.3 is 0 Å². The molecule has 1 amide bonds. The predicted molar refractivity (Wildman–Crippen MR) is 79.1 cm³/mol. The summed E-state index contributed by atoms with van der Waals surface area (Å²) in [6.45, 7) is 0. The van der Waals surface area contributed by atoms with Crippen molar-refractivity contribution in [2.75, 3.05) is 5.32 Å². The van der Waals surface area contributed by atoms with Crippen molar-refractivity contribution in [3.05, 3.63) is 48.2 Å². The summed E-state index contributed by atoms with van der Waals surface area (Å²) in [5.74, 6) is -0.806. The number of carbonyl (C=O) groups is 1. The van der Waals surface area contributed by atoms with Crippen molar-refractivity contribution < 1.29 is 9.18 Å². The normalized spacial score (nSPS) is 10.4. The van der Waals surface area contributed by atoms with Gasteiger partial charge in [-0.1, -0.05) is 11.6 Å². The molecule has 0 radical (unpaired) electrons. The summed E-state index contributed by atoms with van der Waals surface area (Å²) < 4.78 is 14.7. The molecular formula is C11H5Br2ClFNOS. The van der Waals surface area contributed by atoms with E-state index in [0.29, 0.717) is 10.6 Å². The van der Waals surface area contributed by atoms with Crippen LogP contribution in [0, 0.1) is 5.82 Å². The van der Waals surface area contributed by atoms with Crippen LogP contribution in [0.1, 0.15) is 9.67 Å². The van der Waals surface area contributed by atoms with E-state index < -0.39 is 5.82 Å². The minimum absolute atomic E-state index is 0.235. The van der Waals surface area contributed by atoms with Crippen LogP contribution in [0.3, 0.4) is 0 Å². The van der Waals surface area contributed by atoms with Crippen LogP contribution in [-0.2, 0) is 0 Å². The molecule has 0 unspecified atom stereocenters. The maximum atomic E-state index is 13.1. The maximum absolute atomic E-state index is 13.1. The Kier molecular flexibility index (Phi) is 4.42. The lowest BCUT2D eigenvalue weighted by Crippen LogP contribution is -2.10. The Bertz CT molecular complexity index is 577. The predicted octanol–water partition coefficient (Wildman–Crippen LogP) is 5.32. The Morgan fingerprint density at radius 2 is 2.00 bits per heavy atom. The SMILES string of the molecule is O=C(Nc1cc(F)cc(Cl)c1)c1cc(Br)c(Br)s1. The third-order valence-electron chi connectivity index (χ3n) is 1.99. The topological polar surface area (TPSA) is 29.1 Å². The summed E-state index contributed by atoms with van der Waals surface area (Å²) in [5.41, 5.74) is 0.325.